The van der Waals surface area contributed by atoms with Crippen LogP contribution < -0.4 is 10.2 Å². The van der Waals surface area contributed by atoms with E-state index in [0.717, 1.165) is 48.5 Å². The molecule has 0 atom stereocenters. The molecule has 1 aliphatic rings. The molecule has 0 spiro atoms. The molecule has 0 aliphatic carbocycles. The predicted octanol–water partition coefficient (Wildman–Crippen LogP) is 2.88. The van der Waals surface area contributed by atoms with Gasteiger partial charge >= 0.3 is 0 Å². The number of nitrogens with zero attached hydrogens (tertiary/aromatic N) is 3. The fraction of sp³-hybridized carbons (Fsp3) is 0.300. The van der Waals surface area contributed by atoms with Crippen molar-refractivity contribution >= 4 is 28.4 Å². The summed E-state index contributed by atoms with van der Waals surface area (Å²) in [5.74, 6) is 1.40. The van der Waals surface area contributed by atoms with Gasteiger partial charge in [0.05, 0.1) is 0 Å². The van der Waals surface area contributed by atoms with Crippen molar-refractivity contribution < 1.29 is 4.79 Å². The number of benzene rings is 1. The number of rotatable bonds is 3. The third kappa shape index (κ3) is 3.28. The summed E-state index contributed by atoms with van der Waals surface area (Å²) in [4.78, 5) is 25.1. The molecule has 1 amide bonds. The lowest BCUT2D eigenvalue weighted by Gasteiger charge is -2.34. The molecular formula is C20H23N5O. The monoisotopic (exact) mass is 349 g/mol. The first-order valence-electron chi connectivity index (χ1n) is 8.90. The molecule has 3 aromatic rings. The van der Waals surface area contributed by atoms with Crippen molar-refractivity contribution in [3.63, 3.8) is 0 Å². The first-order chi connectivity index (χ1) is 12.6. The third-order valence-corrected chi connectivity index (χ3v) is 4.93. The second kappa shape index (κ2) is 6.80. The highest BCUT2D eigenvalue weighted by atomic mass is 16.1. The van der Waals surface area contributed by atoms with Crippen LogP contribution in [0.1, 0.15) is 15.9 Å². The highest BCUT2D eigenvalue weighted by Gasteiger charge is 2.18. The van der Waals surface area contributed by atoms with Crippen molar-refractivity contribution in [1.29, 1.82) is 0 Å². The molecule has 0 unspecified atom stereocenters. The van der Waals surface area contributed by atoms with E-state index in [1.807, 2.05) is 42.6 Å². The van der Waals surface area contributed by atoms with Gasteiger partial charge in [0, 0.05) is 48.8 Å². The van der Waals surface area contributed by atoms with Gasteiger partial charge in [0.1, 0.15) is 11.6 Å². The van der Waals surface area contributed by atoms with Gasteiger partial charge in [-0.25, -0.2) is 4.98 Å². The van der Waals surface area contributed by atoms with Crippen LogP contribution in [-0.4, -0.2) is 54.0 Å². The number of fused-ring (bicyclic) bond motifs is 1. The van der Waals surface area contributed by atoms with E-state index in [2.05, 4.69) is 34.1 Å². The maximum Gasteiger partial charge on any atom is 0.256 e. The normalized spacial score (nSPS) is 15.4. The molecule has 1 aliphatic heterocycles. The lowest BCUT2D eigenvalue weighted by atomic mass is 10.1. The summed E-state index contributed by atoms with van der Waals surface area (Å²) in [6.45, 7) is 6.01. The molecule has 1 fully saturated rings. The highest BCUT2D eigenvalue weighted by molar-refractivity contribution is 6.05. The molecule has 0 radical (unpaired) electrons. The zero-order chi connectivity index (χ0) is 18.1. The Kier molecular flexibility index (Phi) is 4.34. The molecule has 6 nitrogen and oxygen atoms in total. The van der Waals surface area contributed by atoms with Crippen LogP contribution in [0, 0.1) is 6.92 Å². The Balaban J connectivity index is 1.54. The molecule has 1 saturated heterocycles. The van der Waals surface area contributed by atoms with Crippen LogP contribution in [0.5, 0.6) is 0 Å². The van der Waals surface area contributed by atoms with Gasteiger partial charge in [-0.1, -0.05) is 6.07 Å². The average molecular weight is 349 g/mol. The van der Waals surface area contributed by atoms with Gasteiger partial charge in [0.25, 0.3) is 5.91 Å². The number of hydrogen-bond donors (Lipinski definition) is 2. The van der Waals surface area contributed by atoms with Crippen molar-refractivity contribution in [2.45, 2.75) is 6.92 Å². The number of aryl methyl sites for hydroxylation is 1. The van der Waals surface area contributed by atoms with Crippen molar-refractivity contribution in [3.05, 3.63) is 53.7 Å². The minimum absolute atomic E-state index is 0.145. The van der Waals surface area contributed by atoms with Crippen molar-refractivity contribution in [3.8, 4) is 0 Å². The van der Waals surface area contributed by atoms with Crippen molar-refractivity contribution in [2.24, 2.45) is 0 Å². The summed E-state index contributed by atoms with van der Waals surface area (Å²) in [5, 5.41) is 3.95. The Labute approximate surface area is 152 Å². The summed E-state index contributed by atoms with van der Waals surface area (Å²) in [6.07, 6.45) is 1.87. The van der Waals surface area contributed by atoms with E-state index in [1.54, 1.807) is 0 Å². The molecule has 0 saturated carbocycles. The summed E-state index contributed by atoms with van der Waals surface area (Å²) in [7, 11) is 2.13. The lowest BCUT2D eigenvalue weighted by Crippen LogP contribution is -2.45. The van der Waals surface area contributed by atoms with E-state index >= 15 is 0 Å². The summed E-state index contributed by atoms with van der Waals surface area (Å²) in [5.41, 5.74) is 2.77. The molecule has 6 heteroatoms. The number of carbonyl (C=O) groups excluding carboxylic acids is 1. The second-order valence-corrected chi connectivity index (χ2v) is 6.86. The molecule has 2 N–H and O–H groups in total. The first kappa shape index (κ1) is 16.6. The number of likely N-dealkylation sites (N-methyl/N-ethyl adjacent to an activating group) is 1. The zero-order valence-electron chi connectivity index (χ0n) is 15.1. The largest absolute Gasteiger partial charge is 0.361 e. The molecule has 0 bridgehead atoms. The molecule has 3 heterocycles. The van der Waals surface area contributed by atoms with Crippen LogP contribution in [0.2, 0.25) is 0 Å². The van der Waals surface area contributed by atoms with Gasteiger partial charge in [-0.2, -0.15) is 0 Å². The molecular weight excluding hydrogens is 326 g/mol. The first-order valence-corrected chi connectivity index (χ1v) is 8.90. The minimum atomic E-state index is -0.145. The Hall–Kier alpha value is -2.86. The van der Waals surface area contributed by atoms with Gasteiger partial charge in [-0.15, -0.1) is 0 Å². The van der Waals surface area contributed by atoms with Gasteiger partial charge in [0.15, 0.2) is 0 Å². The number of H-pyrrole nitrogens is 1. The predicted molar refractivity (Wildman–Crippen MR) is 105 cm³/mol. The maximum absolute atomic E-state index is 12.6. The van der Waals surface area contributed by atoms with E-state index in [9.17, 15) is 4.79 Å². The lowest BCUT2D eigenvalue weighted by molar-refractivity contribution is 0.102. The van der Waals surface area contributed by atoms with Crippen molar-refractivity contribution in [1.82, 2.24) is 14.9 Å². The Morgan fingerprint density at radius 1 is 1.12 bits per heavy atom. The van der Waals surface area contributed by atoms with Crippen molar-refractivity contribution in [2.75, 3.05) is 43.4 Å². The van der Waals surface area contributed by atoms with Crippen LogP contribution in [0.15, 0.2) is 42.6 Å². The summed E-state index contributed by atoms with van der Waals surface area (Å²) in [6, 6.07) is 11.5. The number of pyridine rings is 1. The average Bonchev–Trinajstić information content (AvgIpc) is 3.12. The number of piperazine rings is 1. The molecule has 1 aromatic carbocycles. The number of hydrogen-bond acceptors (Lipinski definition) is 4. The van der Waals surface area contributed by atoms with E-state index < -0.39 is 0 Å². The quantitative estimate of drug-likeness (QED) is 0.763. The smallest absolute Gasteiger partial charge is 0.256 e. The molecule has 26 heavy (non-hydrogen) atoms. The van der Waals surface area contributed by atoms with Gasteiger partial charge in [-0.05, 0) is 49.9 Å². The van der Waals surface area contributed by atoms with E-state index in [1.165, 1.54) is 0 Å². The second-order valence-electron chi connectivity index (χ2n) is 6.86. The molecule has 2 aromatic heterocycles. The molecule has 4 rings (SSSR count). The number of carbonyl (C=O) groups is 1. The van der Waals surface area contributed by atoms with E-state index in [4.69, 9.17) is 4.98 Å². The molecule has 134 valence electrons. The third-order valence-electron chi connectivity index (χ3n) is 4.93. The standard InChI is InChI=1S/C20H23N5O/c1-14-3-6-18(22-19(14)25-11-9-24(2)10-12-25)23-20(26)16-4-5-17-15(13-16)7-8-21-17/h3-8,13,21H,9-12H2,1-2H3,(H,22,23,26). The fourth-order valence-corrected chi connectivity index (χ4v) is 3.31. The van der Waals surface area contributed by atoms with Gasteiger partial charge in [0.2, 0.25) is 0 Å². The van der Waals surface area contributed by atoms with E-state index in [-0.39, 0.29) is 5.91 Å². The number of aromatic nitrogens is 2. The minimum Gasteiger partial charge on any atom is -0.361 e. The van der Waals surface area contributed by atoms with Crippen LogP contribution in [0.3, 0.4) is 0 Å². The Morgan fingerprint density at radius 3 is 2.73 bits per heavy atom. The summed E-state index contributed by atoms with van der Waals surface area (Å²) >= 11 is 0. The SMILES string of the molecule is Cc1ccc(NC(=O)c2ccc3[nH]ccc3c2)nc1N1CCN(C)CC1. The van der Waals surface area contributed by atoms with Gasteiger partial charge in [-0.3, -0.25) is 4.79 Å². The maximum atomic E-state index is 12.6. The highest BCUT2D eigenvalue weighted by Crippen LogP contribution is 2.22. The number of nitrogens with one attached hydrogen (secondary N) is 2. The number of anilines is 2. The van der Waals surface area contributed by atoms with Crippen LogP contribution >= 0.6 is 0 Å². The Bertz CT molecular complexity index is 940. The fourth-order valence-electron chi connectivity index (χ4n) is 3.31. The van der Waals surface area contributed by atoms with Crippen LogP contribution in [0.25, 0.3) is 10.9 Å². The number of aromatic amines is 1. The van der Waals surface area contributed by atoms with Gasteiger partial charge < -0.3 is 20.1 Å². The zero-order valence-corrected chi connectivity index (χ0v) is 15.1. The summed E-state index contributed by atoms with van der Waals surface area (Å²) < 4.78 is 0. The van der Waals surface area contributed by atoms with Crippen LogP contribution in [0.4, 0.5) is 11.6 Å². The topological polar surface area (TPSA) is 64.3 Å². The number of amides is 1. The van der Waals surface area contributed by atoms with E-state index in [0.29, 0.717) is 11.4 Å². The van der Waals surface area contributed by atoms with Crippen LogP contribution in [-0.2, 0) is 0 Å². The Morgan fingerprint density at radius 2 is 1.92 bits per heavy atom.